The molecular formula is C12H21Cl3N2O. The highest BCUT2D eigenvalue weighted by Crippen LogP contribution is 2.33. The fourth-order valence-corrected chi connectivity index (χ4v) is 2.72. The summed E-state index contributed by atoms with van der Waals surface area (Å²) in [7, 11) is 0. The van der Waals surface area contributed by atoms with Crippen LogP contribution in [-0.4, -0.2) is 33.9 Å². The molecule has 0 aromatic rings. The minimum absolute atomic E-state index is 0.0631. The van der Waals surface area contributed by atoms with Gasteiger partial charge >= 0.3 is 0 Å². The molecule has 0 aromatic carbocycles. The van der Waals surface area contributed by atoms with Gasteiger partial charge < -0.3 is 5.32 Å². The zero-order valence-corrected chi connectivity index (χ0v) is 13.2. The predicted octanol–water partition coefficient (Wildman–Crippen LogP) is 3.33. The predicted molar refractivity (Wildman–Crippen MR) is 77.1 cm³/mol. The minimum Gasteiger partial charge on any atom is -0.337 e. The van der Waals surface area contributed by atoms with E-state index in [2.05, 4.69) is 10.2 Å². The molecule has 1 heterocycles. The molecule has 1 rings (SSSR count). The first-order valence-corrected chi connectivity index (χ1v) is 7.54. The maximum atomic E-state index is 11.8. The molecule has 0 radical (unpaired) electrons. The third kappa shape index (κ3) is 5.52. The van der Waals surface area contributed by atoms with Crippen molar-refractivity contribution in [2.75, 3.05) is 13.1 Å². The second-order valence-corrected chi connectivity index (χ2v) is 7.58. The van der Waals surface area contributed by atoms with Crippen LogP contribution < -0.4 is 5.32 Å². The fraction of sp³-hybridized carbons (Fsp3) is 0.917. The van der Waals surface area contributed by atoms with E-state index in [9.17, 15) is 4.79 Å². The zero-order valence-electron chi connectivity index (χ0n) is 10.9. The maximum Gasteiger partial charge on any atom is 0.223 e. The molecule has 1 saturated heterocycles. The SMILES string of the molecule is CC(C)CC(=O)N[C@@H](N1CCCCC1)C(Cl)(Cl)Cl. The Bertz CT molecular complexity index is 273. The number of hydrogen-bond acceptors (Lipinski definition) is 2. The lowest BCUT2D eigenvalue weighted by molar-refractivity contribution is -0.123. The van der Waals surface area contributed by atoms with Gasteiger partial charge in [0.15, 0.2) is 0 Å². The molecule has 1 N–H and O–H groups in total. The van der Waals surface area contributed by atoms with Crippen molar-refractivity contribution in [3.63, 3.8) is 0 Å². The molecule has 106 valence electrons. The lowest BCUT2D eigenvalue weighted by Gasteiger charge is -2.38. The van der Waals surface area contributed by atoms with Crippen LogP contribution >= 0.6 is 34.8 Å². The fourth-order valence-electron chi connectivity index (χ4n) is 2.14. The molecule has 0 saturated carbocycles. The average Bonchev–Trinajstić information content (AvgIpc) is 2.24. The third-order valence-corrected chi connectivity index (χ3v) is 3.58. The van der Waals surface area contributed by atoms with Crippen LogP contribution in [0.4, 0.5) is 0 Å². The Kier molecular flexibility index (Phi) is 6.52. The Morgan fingerprint density at radius 1 is 1.22 bits per heavy atom. The van der Waals surface area contributed by atoms with E-state index in [1.165, 1.54) is 6.42 Å². The summed E-state index contributed by atoms with van der Waals surface area (Å²) in [5, 5.41) is 2.85. The summed E-state index contributed by atoms with van der Waals surface area (Å²) in [6.45, 7) is 5.71. The number of piperidine rings is 1. The summed E-state index contributed by atoms with van der Waals surface area (Å²) < 4.78 is -1.50. The maximum absolute atomic E-state index is 11.8. The molecule has 0 bridgehead atoms. The first-order valence-electron chi connectivity index (χ1n) is 6.41. The topological polar surface area (TPSA) is 32.3 Å². The van der Waals surface area contributed by atoms with E-state index in [4.69, 9.17) is 34.8 Å². The molecule has 0 spiro atoms. The van der Waals surface area contributed by atoms with Crippen LogP contribution in [0.25, 0.3) is 0 Å². The van der Waals surface area contributed by atoms with Crippen LogP contribution in [0.1, 0.15) is 39.5 Å². The van der Waals surface area contributed by atoms with E-state index in [1.54, 1.807) is 0 Å². The van der Waals surface area contributed by atoms with Gasteiger partial charge in [0, 0.05) is 19.5 Å². The number of nitrogens with one attached hydrogen (secondary N) is 1. The molecule has 3 nitrogen and oxygen atoms in total. The number of nitrogens with zero attached hydrogens (tertiary/aromatic N) is 1. The summed E-state index contributed by atoms with van der Waals surface area (Å²) in [5.74, 6) is 0.231. The second kappa shape index (κ2) is 7.18. The van der Waals surface area contributed by atoms with Crippen molar-refractivity contribution >= 4 is 40.7 Å². The molecule has 18 heavy (non-hydrogen) atoms. The van der Waals surface area contributed by atoms with Gasteiger partial charge in [-0.05, 0) is 18.8 Å². The van der Waals surface area contributed by atoms with E-state index in [0.717, 1.165) is 25.9 Å². The van der Waals surface area contributed by atoms with Crippen LogP contribution in [0.2, 0.25) is 0 Å². The van der Waals surface area contributed by atoms with Gasteiger partial charge in [0.25, 0.3) is 0 Å². The summed E-state index contributed by atoms with van der Waals surface area (Å²) in [6.07, 6.45) is 3.27. The smallest absolute Gasteiger partial charge is 0.223 e. The third-order valence-electron chi connectivity index (χ3n) is 2.96. The summed E-state index contributed by atoms with van der Waals surface area (Å²) >= 11 is 18.0. The van der Waals surface area contributed by atoms with Gasteiger partial charge in [0.05, 0.1) is 0 Å². The number of alkyl halides is 3. The minimum atomic E-state index is -1.50. The van der Waals surface area contributed by atoms with Crippen LogP contribution in [0.5, 0.6) is 0 Å². The van der Waals surface area contributed by atoms with Gasteiger partial charge in [-0.15, -0.1) is 0 Å². The first-order chi connectivity index (χ1) is 8.30. The standard InChI is InChI=1S/C12H21Cl3N2O/c1-9(2)8-10(18)16-11(12(13,14)15)17-6-4-3-5-7-17/h9,11H,3-8H2,1-2H3,(H,16,18)/t11-/m0/s1. The summed E-state index contributed by atoms with van der Waals surface area (Å²) in [4.78, 5) is 13.9. The van der Waals surface area contributed by atoms with Crippen molar-refractivity contribution in [1.29, 1.82) is 0 Å². The van der Waals surface area contributed by atoms with Crippen molar-refractivity contribution in [2.24, 2.45) is 5.92 Å². The lowest BCUT2D eigenvalue weighted by Crippen LogP contribution is -2.56. The Morgan fingerprint density at radius 3 is 2.22 bits per heavy atom. The second-order valence-electron chi connectivity index (χ2n) is 5.21. The van der Waals surface area contributed by atoms with E-state index in [1.807, 2.05) is 13.8 Å². The first kappa shape index (κ1) is 16.4. The Balaban J connectivity index is 2.63. The summed E-state index contributed by atoms with van der Waals surface area (Å²) in [6, 6.07) is 0. The van der Waals surface area contributed by atoms with Gasteiger partial charge in [-0.3, -0.25) is 9.69 Å². The number of amides is 1. The monoisotopic (exact) mass is 314 g/mol. The Hall–Kier alpha value is 0.300. The molecule has 6 heteroatoms. The van der Waals surface area contributed by atoms with Gasteiger partial charge in [-0.2, -0.15) is 0 Å². The molecule has 0 aromatic heterocycles. The number of halogens is 3. The van der Waals surface area contributed by atoms with Gasteiger partial charge in [-0.25, -0.2) is 0 Å². The molecule has 1 amide bonds. The van der Waals surface area contributed by atoms with Crippen LogP contribution in [0.15, 0.2) is 0 Å². The molecule has 0 aliphatic carbocycles. The van der Waals surface area contributed by atoms with E-state index in [0.29, 0.717) is 12.3 Å². The number of carbonyl (C=O) groups excluding carboxylic acids is 1. The van der Waals surface area contributed by atoms with Gasteiger partial charge in [-0.1, -0.05) is 55.1 Å². The average molecular weight is 316 g/mol. The Labute approximate surface area is 124 Å². The normalized spacial score (nSPS) is 19.9. The number of hydrogen-bond donors (Lipinski definition) is 1. The molecule has 1 aliphatic heterocycles. The molecule has 1 aliphatic rings. The largest absolute Gasteiger partial charge is 0.337 e. The van der Waals surface area contributed by atoms with Gasteiger partial charge in [0.1, 0.15) is 6.17 Å². The summed E-state index contributed by atoms with van der Waals surface area (Å²) in [5.41, 5.74) is 0. The van der Waals surface area contributed by atoms with Crippen LogP contribution in [-0.2, 0) is 4.79 Å². The van der Waals surface area contributed by atoms with Crippen molar-refractivity contribution < 1.29 is 4.79 Å². The van der Waals surface area contributed by atoms with Crippen molar-refractivity contribution in [1.82, 2.24) is 10.2 Å². The number of carbonyl (C=O) groups is 1. The number of rotatable bonds is 4. The van der Waals surface area contributed by atoms with Crippen LogP contribution in [0, 0.1) is 5.92 Å². The zero-order chi connectivity index (χ0) is 13.8. The van der Waals surface area contributed by atoms with E-state index in [-0.39, 0.29) is 5.91 Å². The lowest BCUT2D eigenvalue weighted by atomic mass is 10.1. The van der Waals surface area contributed by atoms with Crippen molar-refractivity contribution in [3.8, 4) is 0 Å². The number of likely N-dealkylation sites (tertiary alicyclic amines) is 1. The molecule has 1 atom stereocenters. The van der Waals surface area contributed by atoms with E-state index >= 15 is 0 Å². The molecule has 0 unspecified atom stereocenters. The highest BCUT2D eigenvalue weighted by atomic mass is 35.6. The van der Waals surface area contributed by atoms with Crippen molar-refractivity contribution in [3.05, 3.63) is 0 Å². The molecular weight excluding hydrogens is 295 g/mol. The van der Waals surface area contributed by atoms with Gasteiger partial charge in [0.2, 0.25) is 9.70 Å². The molecule has 1 fully saturated rings. The van der Waals surface area contributed by atoms with Crippen LogP contribution in [0.3, 0.4) is 0 Å². The highest BCUT2D eigenvalue weighted by Gasteiger charge is 2.38. The quantitative estimate of drug-likeness (QED) is 0.807. The highest BCUT2D eigenvalue weighted by molar-refractivity contribution is 6.68. The van der Waals surface area contributed by atoms with Crippen molar-refractivity contribution in [2.45, 2.75) is 49.5 Å². The Morgan fingerprint density at radius 2 is 1.78 bits per heavy atom. The van der Waals surface area contributed by atoms with E-state index < -0.39 is 9.96 Å².